The normalized spacial score (nSPS) is 20.3. The molecule has 1 fully saturated rings. The van der Waals surface area contributed by atoms with E-state index in [1.807, 2.05) is 0 Å². The second-order valence-electron chi connectivity index (χ2n) is 6.55. The fourth-order valence-electron chi connectivity index (χ4n) is 3.12. The molecule has 30 heavy (non-hydrogen) atoms. The second kappa shape index (κ2) is 8.14. The van der Waals surface area contributed by atoms with Crippen molar-refractivity contribution in [3.8, 4) is 0 Å². The van der Waals surface area contributed by atoms with E-state index in [4.69, 9.17) is 4.74 Å². The number of carbonyl (C=O) groups is 4. The largest absolute Gasteiger partial charge is 0.477 e. The standard InChI is InChI=1S/C16H17N5O8S/c1-7-10(21(27)28)3-19(18-7)4-11(23)17-12-14(24)20-13(16(25)26)9(5-29-8(2)22)6-30-15(12)20/h3,12,15H,4-6H2,1-2H3,(H,17,23)(H,25,26)/t12-,15-/m0/s1. The SMILES string of the molecule is CC(=O)OCC1=C(C(=O)O)N2C(=O)[C@H](NC(=O)Cn3cc([N+](=O)[O-])c(C)n3)[C@@H]2SC1. The van der Waals surface area contributed by atoms with Gasteiger partial charge >= 0.3 is 17.6 Å². The highest BCUT2D eigenvalue weighted by Crippen LogP contribution is 2.40. The first-order valence-corrected chi connectivity index (χ1v) is 9.66. The van der Waals surface area contributed by atoms with Crippen LogP contribution in [0.4, 0.5) is 5.69 Å². The molecule has 0 spiro atoms. The highest BCUT2D eigenvalue weighted by Gasteiger charge is 2.54. The molecule has 0 unspecified atom stereocenters. The number of nitrogens with zero attached hydrogens (tertiary/aromatic N) is 4. The summed E-state index contributed by atoms with van der Waals surface area (Å²) in [6.45, 7) is 2.05. The lowest BCUT2D eigenvalue weighted by atomic mass is 10.0. The van der Waals surface area contributed by atoms with Gasteiger partial charge in [0.2, 0.25) is 5.91 Å². The van der Waals surface area contributed by atoms with Gasteiger partial charge in [-0.1, -0.05) is 0 Å². The van der Waals surface area contributed by atoms with Gasteiger partial charge in [-0.25, -0.2) is 4.79 Å². The van der Waals surface area contributed by atoms with Gasteiger partial charge in [-0.05, 0) is 6.92 Å². The summed E-state index contributed by atoms with van der Waals surface area (Å²) < 4.78 is 5.95. The van der Waals surface area contributed by atoms with Gasteiger partial charge in [-0.3, -0.25) is 34.1 Å². The van der Waals surface area contributed by atoms with E-state index in [2.05, 4.69) is 10.4 Å². The number of aromatic nitrogens is 2. The summed E-state index contributed by atoms with van der Waals surface area (Å²) in [5.41, 5.74) is -0.0450. The lowest BCUT2D eigenvalue weighted by Crippen LogP contribution is -2.70. The number of ether oxygens (including phenoxy) is 1. The van der Waals surface area contributed by atoms with Gasteiger partial charge in [-0.15, -0.1) is 11.8 Å². The molecule has 0 radical (unpaired) electrons. The van der Waals surface area contributed by atoms with Gasteiger partial charge in [0.1, 0.15) is 42.2 Å². The molecule has 1 saturated heterocycles. The molecular formula is C16H17N5O8S. The monoisotopic (exact) mass is 439 g/mol. The molecule has 1 aromatic rings. The van der Waals surface area contributed by atoms with Crippen LogP contribution in [-0.2, 0) is 30.5 Å². The Kier molecular flexibility index (Phi) is 5.78. The highest BCUT2D eigenvalue weighted by molar-refractivity contribution is 8.00. The molecule has 0 aliphatic carbocycles. The average Bonchev–Trinajstić information content (AvgIpc) is 3.03. The van der Waals surface area contributed by atoms with E-state index < -0.39 is 40.1 Å². The molecule has 2 amide bonds. The fraction of sp³-hybridized carbons (Fsp3) is 0.438. The smallest absolute Gasteiger partial charge is 0.352 e. The van der Waals surface area contributed by atoms with Crippen LogP contribution in [0, 0.1) is 17.0 Å². The van der Waals surface area contributed by atoms with E-state index in [1.165, 1.54) is 25.6 Å². The van der Waals surface area contributed by atoms with Crippen LogP contribution in [0.5, 0.6) is 0 Å². The molecule has 2 N–H and O–H groups in total. The van der Waals surface area contributed by atoms with Gasteiger partial charge in [0.05, 0.1) is 4.92 Å². The zero-order valence-corrected chi connectivity index (χ0v) is 16.7. The quantitative estimate of drug-likeness (QED) is 0.242. The molecule has 2 aliphatic heterocycles. The number of esters is 1. The summed E-state index contributed by atoms with van der Waals surface area (Å²) in [4.78, 5) is 58.7. The predicted molar refractivity (Wildman–Crippen MR) is 99.9 cm³/mol. The van der Waals surface area contributed by atoms with Crippen LogP contribution in [0.15, 0.2) is 17.5 Å². The van der Waals surface area contributed by atoms with Gasteiger partial charge in [0.25, 0.3) is 5.91 Å². The lowest BCUT2D eigenvalue weighted by Gasteiger charge is -2.49. The molecule has 3 heterocycles. The Hall–Kier alpha value is -3.42. The van der Waals surface area contributed by atoms with E-state index in [0.29, 0.717) is 0 Å². The minimum atomic E-state index is -1.33. The van der Waals surface area contributed by atoms with E-state index in [-0.39, 0.29) is 41.6 Å². The molecule has 2 atom stereocenters. The van der Waals surface area contributed by atoms with Crippen molar-refractivity contribution in [2.75, 3.05) is 12.4 Å². The van der Waals surface area contributed by atoms with Crippen molar-refractivity contribution >= 4 is 41.2 Å². The Labute approximate surface area is 173 Å². The molecule has 1 aromatic heterocycles. The maximum Gasteiger partial charge on any atom is 0.352 e. The Bertz CT molecular complexity index is 986. The molecular weight excluding hydrogens is 422 g/mol. The Balaban J connectivity index is 1.68. The van der Waals surface area contributed by atoms with Crippen LogP contribution in [0.1, 0.15) is 12.6 Å². The van der Waals surface area contributed by atoms with Crippen LogP contribution in [0.25, 0.3) is 0 Å². The maximum absolute atomic E-state index is 12.5. The number of aryl methyl sites for hydroxylation is 1. The first-order valence-electron chi connectivity index (χ1n) is 8.61. The maximum atomic E-state index is 12.5. The van der Waals surface area contributed by atoms with Crippen LogP contribution in [0.3, 0.4) is 0 Å². The first kappa shape index (κ1) is 21.3. The molecule has 3 rings (SSSR count). The molecule has 2 aliphatic rings. The third-order valence-corrected chi connectivity index (χ3v) is 5.78. The van der Waals surface area contributed by atoms with Gasteiger partial charge < -0.3 is 15.2 Å². The summed E-state index contributed by atoms with van der Waals surface area (Å²) >= 11 is 1.23. The zero-order chi connectivity index (χ0) is 22.2. The van der Waals surface area contributed by atoms with Gasteiger partial charge in [0.15, 0.2) is 0 Å². The number of amides is 2. The van der Waals surface area contributed by atoms with Crippen molar-refractivity contribution < 1.29 is 33.9 Å². The number of fused-ring (bicyclic) bond motifs is 1. The fourth-order valence-corrected chi connectivity index (χ4v) is 4.44. The Morgan fingerprint density at radius 1 is 1.47 bits per heavy atom. The van der Waals surface area contributed by atoms with E-state index in [0.717, 1.165) is 15.8 Å². The third kappa shape index (κ3) is 3.98. The van der Waals surface area contributed by atoms with E-state index in [1.54, 1.807) is 0 Å². The van der Waals surface area contributed by atoms with Crippen molar-refractivity contribution in [1.82, 2.24) is 20.0 Å². The van der Waals surface area contributed by atoms with Crippen LogP contribution in [-0.4, -0.2) is 72.2 Å². The first-order chi connectivity index (χ1) is 14.1. The number of nitrogens with one attached hydrogen (secondary N) is 1. The second-order valence-corrected chi connectivity index (χ2v) is 7.65. The van der Waals surface area contributed by atoms with Crippen molar-refractivity contribution in [2.45, 2.75) is 31.8 Å². The molecule has 0 aromatic carbocycles. The molecule has 160 valence electrons. The molecule has 0 saturated carbocycles. The number of nitro groups is 1. The topological polar surface area (TPSA) is 174 Å². The minimum absolute atomic E-state index is 0.151. The summed E-state index contributed by atoms with van der Waals surface area (Å²) in [6.07, 6.45) is 1.12. The Morgan fingerprint density at radius 3 is 2.73 bits per heavy atom. The number of β-lactam (4-membered cyclic amide) rings is 1. The molecule has 13 nitrogen and oxygen atoms in total. The summed E-state index contributed by atoms with van der Waals surface area (Å²) in [7, 11) is 0. The number of carbonyl (C=O) groups excluding carboxylic acids is 3. The van der Waals surface area contributed by atoms with Crippen molar-refractivity contribution in [2.24, 2.45) is 0 Å². The summed E-state index contributed by atoms with van der Waals surface area (Å²) in [5, 5.41) is 26.1. The number of hydrogen-bond donors (Lipinski definition) is 2. The third-order valence-electron chi connectivity index (χ3n) is 4.44. The Morgan fingerprint density at radius 2 is 2.17 bits per heavy atom. The predicted octanol–water partition coefficient (Wildman–Crippen LogP) is -0.599. The summed E-state index contributed by atoms with van der Waals surface area (Å²) in [6, 6.07) is -0.946. The minimum Gasteiger partial charge on any atom is -0.477 e. The number of thioether (sulfide) groups is 1. The number of rotatable bonds is 7. The summed E-state index contributed by atoms with van der Waals surface area (Å²) in [5.74, 6) is -2.91. The van der Waals surface area contributed by atoms with Crippen LogP contribution >= 0.6 is 11.8 Å². The molecule has 14 heteroatoms. The highest BCUT2D eigenvalue weighted by atomic mass is 32.2. The van der Waals surface area contributed by atoms with E-state index in [9.17, 15) is 34.4 Å². The zero-order valence-electron chi connectivity index (χ0n) is 15.9. The van der Waals surface area contributed by atoms with Crippen molar-refractivity contribution in [3.05, 3.63) is 33.3 Å². The van der Waals surface area contributed by atoms with Gasteiger partial charge in [0, 0.05) is 18.2 Å². The number of aliphatic carboxylic acids is 1. The number of carboxylic acid groups (broad SMARTS) is 1. The van der Waals surface area contributed by atoms with Crippen LogP contribution in [0.2, 0.25) is 0 Å². The van der Waals surface area contributed by atoms with Crippen molar-refractivity contribution in [1.29, 1.82) is 0 Å². The number of hydrogen-bond acceptors (Lipinski definition) is 9. The molecule has 0 bridgehead atoms. The van der Waals surface area contributed by atoms with Gasteiger partial charge in [-0.2, -0.15) is 5.10 Å². The van der Waals surface area contributed by atoms with E-state index >= 15 is 0 Å². The van der Waals surface area contributed by atoms with Crippen molar-refractivity contribution in [3.63, 3.8) is 0 Å². The lowest BCUT2D eigenvalue weighted by molar-refractivity contribution is -0.385. The average molecular weight is 439 g/mol. The number of carboxylic acids is 1. The van der Waals surface area contributed by atoms with Crippen LogP contribution < -0.4 is 5.32 Å².